The summed E-state index contributed by atoms with van der Waals surface area (Å²) in [7, 11) is -3.91. The third-order valence-corrected chi connectivity index (χ3v) is 6.82. The first-order chi connectivity index (χ1) is 13.9. The van der Waals surface area contributed by atoms with Crippen LogP contribution in [-0.2, 0) is 16.6 Å². The van der Waals surface area contributed by atoms with E-state index in [0.717, 1.165) is 11.3 Å². The molecule has 2 N–H and O–H groups in total. The van der Waals surface area contributed by atoms with E-state index in [1.165, 1.54) is 0 Å². The molecule has 0 saturated carbocycles. The van der Waals surface area contributed by atoms with Gasteiger partial charge in [-0.2, -0.15) is 0 Å². The Bertz CT molecular complexity index is 1180. The van der Waals surface area contributed by atoms with Crippen LogP contribution in [0.15, 0.2) is 46.8 Å². The Morgan fingerprint density at radius 2 is 1.93 bits per heavy atom. The van der Waals surface area contributed by atoms with Crippen LogP contribution < -0.4 is 19.5 Å². The molecule has 2 heterocycles. The SMILES string of the molecule is O=C(Nc1nnc(S(=O)(=O)NCc2ccc3c(c2)OCO3)s1)c1ccccc1Cl. The smallest absolute Gasteiger partial charge is 0.270 e. The van der Waals surface area contributed by atoms with Gasteiger partial charge in [-0.3, -0.25) is 10.1 Å². The molecule has 0 radical (unpaired) electrons. The van der Waals surface area contributed by atoms with Crippen molar-refractivity contribution in [2.75, 3.05) is 12.1 Å². The van der Waals surface area contributed by atoms with Gasteiger partial charge >= 0.3 is 0 Å². The Morgan fingerprint density at radius 3 is 2.76 bits per heavy atom. The number of anilines is 1. The van der Waals surface area contributed by atoms with Gasteiger partial charge in [-0.25, -0.2) is 13.1 Å². The molecular formula is C17H13ClN4O5S2. The molecule has 0 unspecified atom stereocenters. The molecule has 12 heteroatoms. The molecule has 150 valence electrons. The van der Waals surface area contributed by atoms with E-state index in [2.05, 4.69) is 20.2 Å². The van der Waals surface area contributed by atoms with Gasteiger partial charge in [0.05, 0.1) is 10.6 Å². The summed E-state index contributed by atoms with van der Waals surface area (Å²) in [6.07, 6.45) is 0. The van der Waals surface area contributed by atoms with Gasteiger partial charge < -0.3 is 9.47 Å². The highest BCUT2D eigenvalue weighted by Gasteiger charge is 2.22. The Hall–Kier alpha value is -2.73. The van der Waals surface area contributed by atoms with Crippen LogP contribution in [0.3, 0.4) is 0 Å². The number of aromatic nitrogens is 2. The molecule has 1 aliphatic rings. The van der Waals surface area contributed by atoms with Crippen molar-refractivity contribution < 1.29 is 22.7 Å². The van der Waals surface area contributed by atoms with E-state index in [1.807, 2.05) is 0 Å². The van der Waals surface area contributed by atoms with Crippen molar-refractivity contribution >= 4 is 44.0 Å². The average Bonchev–Trinajstić information content (AvgIpc) is 3.36. The molecule has 0 aliphatic carbocycles. The lowest BCUT2D eigenvalue weighted by atomic mass is 10.2. The molecule has 1 aromatic heterocycles. The summed E-state index contributed by atoms with van der Waals surface area (Å²) in [6.45, 7) is 0.165. The minimum Gasteiger partial charge on any atom is -0.454 e. The lowest BCUT2D eigenvalue weighted by Crippen LogP contribution is -2.23. The van der Waals surface area contributed by atoms with Crippen molar-refractivity contribution in [1.82, 2.24) is 14.9 Å². The van der Waals surface area contributed by atoms with Crippen molar-refractivity contribution in [2.24, 2.45) is 0 Å². The number of benzene rings is 2. The minimum absolute atomic E-state index is 0.0276. The number of rotatable bonds is 6. The second-order valence-electron chi connectivity index (χ2n) is 5.82. The molecule has 0 fully saturated rings. The Morgan fingerprint density at radius 1 is 1.14 bits per heavy atom. The highest BCUT2D eigenvalue weighted by atomic mass is 35.5. The standard InChI is InChI=1S/C17H13ClN4O5S2/c18-12-4-2-1-3-11(12)15(23)20-16-21-22-17(28-16)29(24,25)19-8-10-5-6-13-14(7-10)27-9-26-13/h1-7,19H,8-9H2,(H,20,21,23). The van der Waals surface area contributed by atoms with Gasteiger partial charge in [0.15, 0.2) is 11.5 Å². The molecule has 0 saturated heterocycles. The monoisotopic (exact) mass is 452 g/mol. The molecule has 9 nitrogen and oxygen atoms in total. The first-order valence-corrected chi connectivity index (χ1v) is 10.9. The molecule has 4 rings (SSSR count). The van der Waals surface area contributed by atoms with Crippen LogP contribution in [0.1, 0.15) is 15.9 Å². The number of carbonyl (C=O) groups excluding carboxylic acids is 1. The molecule has 0 bridgehead atoms. The van der Waals surface area contributed by atoms with Crippen LogP contribution in [0.5, 0.6) is 11.5 Å². The fourth-order valence-corrected chi connectivity index (χ4v) is 4.64. The van der Waals surface area contributed by atoms with E-state index in [1.54, 1.807) is 42.5 Å². The Labute approximate surface area is 174 Å². The highest BCUT2D eigenvalue weighted by molar-refractivity contribution is 7.91. The second-order valence-corrected chi connectivity index (χ2v) is 9.14. The van der Waals surface area contributed by atoms with Gasteiger partial charge in [-0.15, -0.1) is 10.2 Å². The van der Waals surface area contributed by atoms with Crippen LogP contribution in [0.4, 0.5) is 5.13 Å². The van der Waals surface area contributed by atoms with Gasteiger partial charge in [-0.05, 0) is 29.8 Å². The van der Waals surface area contributed by atoms with E-state index < -0.39 is 15.9 Å². The number of ether oxygens (including phenoxy) is 2. The summed E-state index contributed by atoms with van der Waals surface area (Å²) in [5, 5.41) is 10.2. The van der Waals surface area contributed by atoms with Gasteiger partial charge in [0.25, 0.3) is 15.9 Å². The summed E-state index contributed by atoms with van der Waals surface area (Å²) in [5.41, 5.74) is 0.935. The van der Waals surface area contributed by atoms with Crippen LogP contribution in [0, 0.1) is 0 Å². The molecule has 29 heavy (non-hydrogen) atoms. The normalized spacial score (nSPS) is 12.7. The number of halogens is 1. The lowest BCUT2D eigenvalue weighted by molar-refractivity contribution is 0.102. The van der Waals surface area contributed by atoms with Crippen LogP contribution in [0.25, 0.3) is 0 Å². The van der Waals surface area contributed by atoms with Crippen molar-refractivity contribution in [2.45, 2.75) is 10.9 Å². The third kappa shape index (κ3) is 4.32. The average molecular weight is 453 g/mol. The number of hydrogen-bond acceptors (Lipinski definition) is 8. The maximum absolute atomic E-state index is 12.5. The molecular weight excluding hydrogens is 440 g/mol. The lowest BCUT2D eigenvalue weighted by Gasteiger charge is -2.05. The number of carbonyl (C=O) groups is 1. The Balaban J connectivity index is 1.42. The largest absolute Gasteiger partial charge is 0.454 e. The molecule has 1 aliphatic heterocycles. The van der Waals surface area contributed by atoms with Gasteiger partial charge in [0.2, 0.25) is 16.3 Å². The van der Waals surface area contributed by atoms with E-state index in [0.29, 0.717) is 17.1 Å². The van der Waals surface area contributed by atoms with Crippen LogP contribution in [-0.4, -0.2) is 31.3 Å². The third-order valence-electron chi connectivity index (χ3n) is 3.88. The molecule has 0 spiro atoms. The van der Waals surface area contributed by atoms with E-state index in [9.17, 15) is 13.2 Å². The first-order valence-electron chi connectivity index (χ1n) is 8.20. The minimum atomic E-state index is -3.91. The number of hydrogen-bond donors (Lipinski definition) is 2. The number of sulfonamides is 1. The van der Waals surface area contributed by atoms with Crippen LogP contribution >= 0.6 is 22.9 Å². The van der Waals surface area contributed by atoms with Crippen molar-refractivity contribution in [1.29, 1.82) is 0 Å². The molecule has 0 atom stereocenters. The molecule has 2 aromatic carbocycles. The van der Waals surface area contributed by atoms with Crippen molar-refractivity contribution in [3.8, 4) is 11.5 Å². The van der Waals surface area contributed by atoms with E-state index in [-0.39, 0.29) is 33.4 Å². The van der Waals surface area contributed by atoms with Gasteiger partial charge in [-0.1, -0.05) is 41.1 Å². The van der Waals surface area contributed by atoms with Gasteiger partial charge in [0.1, 0.15) is 0 Å². The maximum Gasteiger partial charge on any atom is 0.270 e. The molecule has 1 amide bonds. The molecule has 3 aromatic rings. The fraction of sp³-hybridized carbons (Fsp3) is 0.118. The van der Waals surface area contributed by atoms with E-state index in [4.69, 9.17) is 21.1 Å². The van der Waals surface area contributed by atoms with Crippen molar-refractivity contribution in [3.05, 3.63) is 58.6 Å². The zero-order valence-electron chi connectivity index (χ0n) is 14.6. The zero-order chi connectivity index (χ0) is 20.4. The summed E-state index contributed by atoms with van der Waals surface area (Å²) in [6, 6.07) is 11.6. The summed E-state index contributed by atoms with van der Waals surface area (Å²) in [4.78, 5) is 12.3. The second kappa shape index (κ2) is 7.95. The highest BCUT2D eigenvalue weighted by Crippen LogP contribution is 2.32. The Kier molecular flexibility index (Phi) is 5.37. The number of fused-ring (bicyclic) bond motifs is 1. The maximum atomic E-state index is 12.5. The summed E-state index contributed by atoms with van der Waals surface area (Å²) >= 11 is 6.71. The van der Waals surface area contributed by atoms with Crippen LogP contribution in [0.2, 0.25) is 5.02 Å². The van der Waals surface area contributed by atoms with Crippen molar-refractivity contribution in [3.63, 3.8) is 0 Å². The topological polar surface area (TPSA) is 120 Å². The summed E-state index contributed by atoms with van der Waals surface area (Å²) in [5.74, 6) is 0.658. The number of nitrogens with one attached hydrogen (secondary N) is 2. The number of nitrogens with zero attached hydrogens (tertiary/aromatic N) is 2. The first kappa shape index (κ1) is 19.6. The quantitative estimate of drug-likeness (QED) is 0.551. The summed E-state index contributed by atoms with van der Waals surface area (Å²) < 4.78 is 37.6. The van der Waals surface area contributed by atoms with E-state index >= 15 is 0 Å². The number of amides is 1. The predicted molar refractivity (Wildman–Crippen MR) is 106 cm³/mol. The zero-order valence-corrected chi connectivity index (χ0v) is 17.0. The fourth-order valence-electron chi connectivity index (χ4n) is 2.47. The van der Waals surface area contributed by atoms with Gasteiger partial charge in [0, 0.05) is 6.54 Å². The predicted octanol–water partition coefficient (Wildman–Crippen LogP) is 2.65.